The SMILES string of the molecule is C[Si]1(C)CCCN1C1CCOC(=O)CC1. The molecule has 0 amide bonds. The van der Waals surface area contributed by atoms with Crippen LogP contribution >= 0.6 is 0 Å². The fourth-order valence-corrected chi connectivity index (χ4v) is 6.25. The molecule has 2 aliphatic heterocycles. The van der Waals surface area contributed by atoms with Gasteiger partial charge >= 0.3 is 5.97 Å². The number of carbonyl (C=O) groups excluding carboxylic acids is 1. The first kappa shape index (κ1) is 11.1. The number of rotatable bonds is 1. The molecule has 0 spiro atoms. The van der Waals surface area contributed by atoms with E-state index in [-0.39, 0.29) is 5.97 Å². The summed E-state index contributed by atoms with van der Waals surface area (Å²) >= 11 is 0. The van der Waals surface area contributed by atoms with Gasteiger partial charge in [-0.15, -0.1) is 0 Å². The van der Waals surface area contributed by atoms with E-state index in [0.29, 0.717) is 19.1 Å². The molecule has 0 aromatic rings. The highest BCUT2D eigenvalue weighted by Gasteiger charge is 2.39. The van der Waals surface area contributed by atoms with Crippen molar-refractivity contribution in [2.75, 3.05) is 13.2 Å². The molecular weight excluding hydrogens is 206 g/mol. The largest absolute Gasteiger partial charge is 0.466 e. The minimum absolute atomic E-state index is 0.00355. The zero-order valence-electron chi connectivity index (χ0n) is 9.79. The molecule has 0 N–H and O–H groups in total. The van der Waals surface area contributed by atoms with Gasteiger partial charge in [-0.3, -0.25) is 4.79 Å². The third-order valence-electron chi connectivity index (χ3n) is 3.80. The summed E-state index contributed by atoms with van der Waals surface area (Å²) in [4.78, 5) is 11.2. The molecule has 86 valence electrons. The molecule has 1 unspecified atom stereocenters. The maximum absolute atomic E-state index is 11.2. The van der Waals surface area contributed by atoms with Crippen LogP contribution in [0.3, 0.4) is 0 Å². The van der Waals surface area contributed by atoms with Crippen molar-refractivity contribution in [3.63, 3.8) is 0 Å². The van der Waals surface area contributed by atoms with Crippen LogP contribution in [0.2, 0.25) is 19.1 Å². The molecule has 0 saturated carbocycles. The van der Waals surface area contributed by atoms with Crippen LogP contribution in [-0.2, 0) is 9.53 Å². The summed E-state index contributed by atoms with van der Waals surface area (Å²) < 4.78 is 7.83. The van der Waals surface area contributed by atoms with Gasteiger partial charge in [0.05, 0.1) is 6.61 Å². The zero-order valence-corrected chi connectivity index (χ0v) is 10.8. The highest BCUT2D eigenvalue weighted by atomic mass is 28.3. The third-order valence-corrected chi connectivity index (χ3v) is 7.52. The van der Waals surface area contributed by atoms with Crippen LogP contribution < -0.4 is 0 Å². The molecule has 2 rings (SSSR count). The van der Waals surface area contributed by atoms with Crippen LogP contribution in [0.15, 0.2) is 0 Å². The Morgan fingerprint density at radius 2 is 2.20 bits per heavy atom. The Morgan fingerprint density at radius 1 is 1.40 bits per heavy atom. The molecule has 2 heterocycles. The smallest absolute Gasteiger partial charge is 0.305 e. The van der Waals surface area contributed by atoms with E-state index in [0.717, 1.165) is 12.8 Å². The fourth-order valence-electron chi connectivity index (χ4n) is 2.93. The molecule has 3 nitrogen and oxygen atoms in total. The molecular formula is C11H21NO2Si. The van der Waals surface area contributed by atoms with Gasteiger partial charge in [-0.1, -0.05) is 13.1 Å². The third kappa shape index (κ3) is 2.42. The van der Waals surface area contributed by atoms with E-state index in [1.54, 1.807) is 0 Å². The maximum Gasteiger partial charge on any atom is 0.305 e. The number of hydrogen-bond acceptors (Lipinski definition) is 3. The first-order chi connectivity index (χ1) is 7.09. The van der Waals surface area contributed by atoms with Crippen molar-refractivity contribution in [2.24, 2.45) is 0 Å². The second-order valence-corrected chi connectivity index (χ2v) is 10.0. The first-order valence-corrected chi connectivity index (χ1v) is 9.17. The highest BCUT2D eigenvalue weighted by molar-refractivity contribution is 6.75. The van der Waals surface area contributed by atoms with E-state index >= 15 is 0 Å². The monoisotopic (exact) mass is 227 g/mol. The molecule has 15 heavy (non-hydrogen) atoms. The standard InChI is InChI=1S/C11H21NO2Si/c1-15(2)9-3-7-12(15)10-4-5-11(13)14-8-6-10/h10H,3-9H2,1-2H3. The molecule has 4 heteroatoms. The van der Waals surface area contributed by atoms with Gasteiger partial charge in [0, 0.05) is 12.5 Å². The predicted molar refractivity (Wildman–Crippen MR) is 62.2 cm³/mol. The fraction of sp³-hybridized carbons (Fsp3) is 0.909. The number of cyclic esters (lactones) is 1. The van der Waals surface area contributed by atoms with E-state index in [1.165, 1.54) is 19.0 Å². The van der Waals surface area contributed by atoms with Crippen LogP contribution in [0.25, 0.3) is 0 Å². The summed E-state index contributed by atoms with van der Waals surface area (Å²) in [6.07, 6.45) is 4.02. The molecule has 1 atom stereocenters. The first-order valence-electron chi connectivity index (χ1n) is 6.02. The lowest BCUT2D eigenvalue weighted by Gasteiger charge is -2.36. The number of nitrogens with zero attached hydrogens (tertiary/aromatic N) is 1. The summed E-state index contributed by atoms with van der Waals surface area (Å²) in [5.41, 5.74) is 0. The van der Waals surface area contributed by atoms with E-state index in [2.05, 4.69) is 17.7 Å². The second-order valence-electron chi connectivity index (χ2n) is 5.31. The van der Waals surface area contributed by atoms with Gasteiger partial charge in [-0.05, 0) is 31.9 Å². The number of hydrogen-bond donors (Lipinski definition) is 0. The zero-order chi connectivity index (χ0) is 10.9. The van der Waals surface area contributed by atoms with E-state index < -0.39 is 8.24 Å². The predicted octanol–water partition coefficient (Wildman–Crippen LogP) is 1.99. The topological polar surface area (TPSA) is 29.5 Å². The Hall–Kier alpha value is -0.353. The Bertz CT molecular complexity index is 255. The van der Waals surface area contributed by atoms with Crippen LogP contribution in [0.5, 0.6) is 0 Å². The molecule has 0 aromatic heterocycles. The van der Waals surface area contributed by atoms with Crippen molar-refractivity contribution in [3.8, 4) is 0 Å². The van der Waals surface area contributed by atoms with Gasteiger partial charge < -0.3 is 9.30 Å². The summed E-state index contributed by atoms with van der Waals surface area (Å²) in [5.74, 6) is -0.00355. The average molecular weight is 227 g/mol. The number of ether oxygens (including phenoxy) is 1. The second kappa shape index (κ2) is 4.26. The van der Waals surface area contributed by atoms with Crippen molar-refractivity contribution in [1.29, 1.82) is 0 Å². The van der Waals surface area contributed by atoms with Crippen molar-refractivity contribution in [3.05, 3.63) is 0 Å². The summed E-state index contributed by atoms with van der Waals surface area (Å²) in [5, 5.41) is 0. The Kier molecular flexibility index (Phi) is 3.16. The van der Waals surface area contributed by atoms with Gasteiger partial charge in [0.25, 0.3) is 0 Å². The van der Waals surface area contributed by atoms with Gasteiger partial charge in [0.1, 0.15) is 8.24 Å². The lowest BCUT2D eigenvalue weighted by Crippen LogP contribution is -2.49. The van der Waals surface area contributed by atoms with Gasteiger partial charge in [-0.25, -0.2) is 0 Å². The van der Waals surface area contributed by atoms with Crippen molar-refractivity contribution >= 4 is 14.2 Å². The van der Waals surface area contributed by atoms with Crippen molar-refractivity contribution < 1.29 is 9.53 Å². The molecule has 2 saturated heterocycles. The van der Waals surface area contributed by atoms with E-state index in [9.17, 15) is 4.79 Å². The lowest BCUT2D eigenvalue weighted by atomic mass is 10.1. The molecule has 0 aliphatic carbocycles. The van der Waals surface area contributed by atoms with Crippen molar-refractivity contribution in [2.45, 2.75) is 50.9 Å². The molecule has 0 radical (unpaired) electrons. The molecule has 2 aliphatic rings. The van der Waals surface area contributed by atoms with Crippen LogP contribution in [-0.4, -0.2) is 38.0 Å². The Balaban J connectivity index is 2.00. The normalized spacial score (nSPS) is 32.4. The highest BCUT2D eigenvalue weighted by Crippen LogP contribution is 2.31. The van der Waals surface area contributed by atoms with Crippen LogP contribution in [0.4, 0.5) is 0 Å². The summed E-state index contributed by atoms with van der Waals surface area (Å²) in [6.45, 7) is 6.78. The van der Waals surface area contributed by atoms with Crippen LogP contribution in [0, 0.1) is 0 Å². The van der Waals surface area contributed by atoms with E-state index in [4.69, 9.17) is 4.74 Å². The molecule has 2 fully saturated rings. The maximum atomic E-state index is 11.2. The minimum Gasteiger partial charge on any atom is -0.466 e. The molecule has 0 aromatic carbocycles. The lowest BCUT2D eigenvalue weighted by molar-refractivity contribution is -0.142. The Morgan fingerprint density at radius 3 is 2.87 bits per heavy atom. The minimum atomic E-state index is -1.13. The van der Waals surface area contributed by atoms with Gasteiger partial charge in [0.2, 0.25) is 0 Å². The summed E-state index contributed by atoms with van der Waals surface area (Å²) in [6, 6.07) is 2.03. The molecule has 0 bridgehead atoms. The number of carbonyl (C=O) groups is 1. The van der Waals surface area contributed by atoms with E-state index in [1.807, 2.05) is 0 Å². The Labute approximate surface area is 92.9 Å². The summed E-state index contributed by atoms with van der Waals surface area (Å²) in [7, 11) is -1.13. The van der Waals surface area contributed by atoms with Crippen molar-refractivity contribution in [1.82, 2.24) is 4.57 Å². The quantitative estimate of drug-likeness (QED) is 0.507. The van der Waals surface area contributed by atoms with Gasteiger partial charge in [-0.2, -0.15) is 0 Å². The van der Waals surface area contributed by atoms with Gasteiger partial charge in [0.15, 0.2) is 0 Å². The van der Waals surface area contributed by atoms with Crippen LogP contribution in [0.1, 0.15) is 25.7 Å². The number of esters is 1. The average Bonchev–Trinajstić information content (AvgIpc) is 2.39.